The van der Waals surface area contributed by atoms with E-state index in [4.69, 9.17) is 14.2 Å². The van der Waals surface area contributed by atoms with Gasteiger partial charge >= 0.3 is 6.11 Å². The van der Waals surface area contributed by atoms with Crippen LogP contribution < -0.4 is 0 Å². The highest BCUT2D eigenvalue weighted by Gasteiger charge is 2.40. The second-order valence-electron chi connectivity index (χ2n) is 10.8. The van der Waals surface area contributed by atoms with Gasteiger partial charge in [-0.2, -0.15) is 8.78 Å². The summed E-state index contributed by atoms with van der Waals surface area (Å²) in [4.78, 5) is 0. The van der Waals surface area contributed by atoms with Crippen LogP contribution >= 0.6 is 0 Å². The molecule has 0 atom stereocenters. The summed E-state index contributed by atoms with van der Waals surface area (Å²) in [5.74, 6) is -0.643. The van der Waals surface area contributed by atoms with E-state index in [9.17, 15) is 26.3 Å². The Kier molecular flexibility index (Phi) is 10.5. The van der Waals surface area contributed by atoms with Crippen LogP contribution in [0, 0.1) is 40.9 Å². The SMILES string of the molecule is CCCCCc1ccc(C(F)(F)OC2COC(c3ccc(-c4ccc(C#Cc5cc(F)c(F)c(F)c5)cc4)c(F)c3)OC2)c(F)c1. The van der Waals surface area contributed by atoms with Gasteiger partial charge in [0.1, 0.15) is 17.7 Å². The average molecular weight is 643 g/mol. The number of hydrogen-bond acceptors (Lipinski definition) is 3. The van der Waals surface area contributed by atoms with Crippen molar-refractivity contribution in [2.24, 2.45) is 0 Å². The van der Waals surface area contributed by atoms with Crippen LogP contribution in [0.15, 0.2) is 72.8 Å². The highest BCUT2D eigenvalue weighted by atomic mass is 19.3. The molecule has 1 heterocycles. The number of halogens is 7. The maximum absolute atomic E-state index is 15.1. The third-order valence-corrected chi connectivity index (χ3v) is 7.39. The zero-order chi connectivity index (χ0) is 32.8. The summed E-state index contributed by atoms with van der Waals surface area (Å²) in [7, 11) is 0. The van der Waals surface area contributed by atoms with Crippen molar-refractivity contribution in [1.82, 2.24) is 0 Å². The molecule has 1 fully saturated rings. The average Bonchev–Trinajstić information content (AvgIpc) is 3.03. The summed E-state index contributed by atoms with van der Waals surface area (Å²) >= 11 is 0. The van der Waals surface area contributed by atoms with Gasteiger partial charge in [-0.25, -0.2) is 22.0 Å². The zero-order valence-corrected chi connectivity index (χ0v) is 24.7. The van der Waals surface area contributed by atoms with Crippen LogP contribution in [0.5, 0.6) is 0 Å². The Hall–Kier alpha value is -4.17. The van der Waals surface area contributed by atoms with Crippen molar-refractivity contribution >= 4 is 0 Å². The standard InChI is InChI=1S/C36H29F7O3/c1-2-3-4-5-23-10-15-29(31(38)16-23)36(42,43)46-27-20-44-35(45-21-27)26-13-14-28(30(37)19-26)25-11-8-22(9-12-25)6-7-24-17-32(39)34(41)33(40)18-24/h8-19,27,35H,2-5,20-21H2,1H3. The first-order chi connectivity index (χ1) is 22.0. The van der Waals surface area contributed by atoms with Crippen molar-refractivity contribution < 1.29 is 44.9 Å². The molecule has 1 aliphatic rings. The zero-order valence-electron chi connectivity index (χ0n) is 24.7. The molecule has 0 radical (unpaired) electrons. The van der Waals surface area contributed by atoms with E-state index < -0.39 is 53.2 Å². The fourth-order valence-electron chi connectivity index (χ4n) is 4.97. The van der Waals surface area contributed by atoms with E-state index >= 15 is 4.39 Å². The maximum Gasteiger partial charge on any atom is 0.386 e. The molecular weight excluding hydrogens is 613 g/mol. The van der Waals surface area contributed by atoms with E-state index in [1.165, 1.54) is 18.2 Å². The lowest BCUT2D eigenvalue weighted by molar-refractivity contribution is -0.321. The van der Waals surface area contributed by atoms with Gasteiger partial charge in [-0.1, -0.05) is 61.9 Å². The maximum atomic E-state index is 15.1. The minimum Gasteiger partial charge on any atom is -0.346 e. The molecule has 1 saturated heterocycles. The van der Waals surface area contributed by atoms with Crippen molar-refractivity contribution in [3.05, 3.63) is 130 Å². The van der Waals surface area contributed by atoms with E-state index in [0.29, 0.717) is 28.7 Å². The van der Waals surface area contributed by atoms with E-state index in [0.717, 1.165) is 43.5 Å². The van der Waals surface area contributed by atoms with Crippen molar-refractivity contribution in [1.29, 1.82) is 0 Å². The molecule has 4 aromatic rings. The number of unbranched alkanes of at least 4 members (excludes halogenated alkanes) is 2. The largest absolute Gasteiger partial charge is 0.386 e. The van der Waals surface area contributed by atoms with Crippen LogP contribution in [0.25, 0.3) is 11.1 Å². The third kappa shape index (κ3) is 7.97. The molecule has 10 heteroatoms. The predicted octanol–water partition coefficient (Wildman–Crippen LogP) is 9.36. The predicted molar refractivity (Wildman–Crippen MR) is 157 cm³/mol. The lowest BCUT2D eigenvalue weighted by Gasteiger charge is -2.32. The summed E-state index contributed by atoms with van der Waals surface area (Å²) in [6, 6.07) is 15.9. The third-order valence-electron chi connectivity index (χ3n) is 7.39. The van der Waals surface area contributed by atoms with E-state index in [1.807, 2.05) is 6.92 Å². The van der Waals surface area contributed by atoms with E-state index in [2.05, 4.69) is 11.8 Å². The summed E-state index contributed by atoms with van der Waals surface area (Å²) in [6.45, 7) is 1.45. The minimum atomic E-state index is -3.91. The highest BCUT2D eigenvalue weighted by Crippen LogP contribution is 2.36. The van der Waals surface area contributed by atoms with Gasteiger partial charge in [-0.05, 0) is 66.4 Å². The first-order valence-corrected chi connectivity index (χ1v) is 14.7. The Morgan fingerprint density at radius 2 is 1.41 bits per heavy atom. The number of alkyl halides is 2. The molecule has 0 saturated carbocycles. The molecule has 1 aliphatic heterocycles. The van der Waals surface area contributed by atoms with Gasteiger partial charge in [0.15, 0.2) is 23.7 Å². The Morgan fingerprint density at radius 3 is 2.04 bits per heavy atom. The number of ether oxygens (including phenoxy) is 3. The Morgan fingerprint density at radius 1 is 0.739 bits per heavy atom. The lowest BCUT2D eigenvalue weighted by Crippen LogP contribution is -2.38. The molecule has 3 nitrogen and oxygen atoms in total. The van der Waals surface area contributed by atoms with Crippen molar-refractivity contribution in [3.8, 4) is 23.0 Å². The number of benzene rings is 4. The van der Waals surface area contributed by atoms with Crippen LogP contribution in [0.4, 0.5) is 30.7 Å². The topological polar surface area (TPSA) is 27.7 Å². The Balaban J connectivity index is 1.18. The molecule has 240 valence electrons. The number of aryl methyl sites for hydroxylation is 1. The molecule has 4 aromatic carbocycles. The first-order valence-electron chi connectivity index (χ1n) is 14.7. The first kappa shape index (κ1) is 33.2. The minimum absolute atomic E-state index is 0.0439. The van der Waals surface area contributed by atoms with E-state index in [-0.39, 0.29) is 24.3 Å². The van der Waals surface area contributed by atoms with Crippen LogP contribution in [-0.2, 0) is 26.7 Å². The summed E-state index contributed by atoms with van der Waals surface area (Å²) < 4.78 is 115. The monoisotopic (exact) mass is 642 g/mol. The summed E-state index contributed by atoms with van der Waals surface area (Å²) in [5, 5.41) is 0. The molecule has 0 aliphatic carbocycles. The Labute approximate surface area is 261 Å². The molecule has 46 heavy (non-hydrogen) atoms. The molecule has 0 amide bonds. The number of hydrogen-bond donors (Lipinski definition) is 0. The molecule has 5 rings (SSSR count). The van der Waals surface area contributed by atoms with Crippen molar-refractivity contribution in [3.63, 3.8) is 0 Å². The fraction of sp³-hybridized carbons (Fsp3) is 0.278. The van der Waals surface area contributed by atoms with Gasteiger partial charge in [-0.3, -0.25) is 0 Å². The van der Waals surface area contributed by atoms with E-state index in [1.54, 1.807) is 30.3 Å². The van der Waals surface area contributed by atoms with Crippen LogP contribution in [-0.4, -0.2) is 19.3 Å². The normalized spacial score (nSPS) is 16.6. The van der Waals surface area contributed by atoms with Gasteiger partial charge in [-0.15, -0.1) is 0 Å². The smallest absolute Gasteiger partial charge is 0.346 e. The van der Waals surface area contributed by atoms with Crippen LogP contribution in [0.3, 0.4) is 0 Å². The quantitative estimate of drug-likeness (QED) is 0.0789. The summed E-state index contributed by atoms with van der Waals surface area (Å²) in [5.41, 5.74) is 1.27. The van der Waals surface area contributed by atoms with Crippen molar-refractivity contribution in [2.75, 3.05) is 13.2 Å². The second kappa shape index (κ2) is 14.5. The van der Waals surface area contributed by atoms with Crippen LogP contribution in [0.2, 0.25) is 0 Å². The molecule has 0 N–H and O–H groups in total. The van der Waals surface area contributed by atoms with Gasteiger partial charge in [0.2, 0.25) is 0 Å². The fourth-order valence-corrected chi connectivity index (χ4v) is 4.97. The molecule has 0 spiro atoms. The van der Waals surface area contributed by atoms with Gasteiger partial charge in [0.05, 0.1) is 18.8 Å². The van der Waals surface area contributed by atoms with Gasteiger partial charge in [0, 0.05) is 22.3 Å². The lowest BCUT2D eigenvalue weighted by atomic mass is 10.0. The van der Waals surface area contributed by atoms with Gasteiger partial charge in [0.25, 0.3) is 0 Å². The molecule has 0 aromatic heterocycles. The van der Waals surface area contributed by atoms with Gasteiger partial charge < -0.3 is 14.2 Å². The van der Waals surface area contributed by atoms with Crippen molar-refractivity contribution in [2.45, 2.75) is 51.1 Å². The number of rotatable bonds is 9. The molecule has 0 bridgehead atoms. The second-order valence-corrected chi connectivity index (χ2v) is 10.8. The van der Waals surface area contributed by atoms with Crippen LogP contribution in [0.1, 0.15) is 60.3 Å². The molecular formula is C36H29F7O3. The molecule has 0 unspecified atom stereocenters. The Bertz CT molecular complexity index is 1710. The highest BCUT2D eigenvalue weighted by molar-refractivity contribution is 5.65. The summed E-state index contributed by atoms with van der Waals surface area (Å²) in [6.07, 6.45) is -2.75.